The molecule has 0 aliphatic heterocycles. The lowest BCUT2D eigenvalue weighted by Crippen LogP contribution is -2.17. The van der Waals surface area contributed by atoms with Crippen molar-refractivity contribution in [3.63, 3.8) is 0 Å². The van der Waals surface area contributed by atoms with Gasteiger partial charge in [-0.15, -0.1) is 0 Å². The van der Waals surface area contributed by atoms with Gasteiger partial charge in [-0.2, -0.15) is 0 Å². The van der Waals surface area contributed by atoms with Gasteiger partial charge in [-0.25, -0.2) is 0 Å². The molecule has 0 spiro atoms. The molecule has 0 aliphatic rings. The summed E-state index contributed by atoms with van der Waals surface area (Å²) >= 11 is 0. The van der Waals surface area contributed by atoms with Crippen molar-refractivity contribution in [3.8, 4) is 5.75 Å². The Morgan fingerprint density at radius 2 is 1.68 bits per heavy atom. The molecule has 0 aliphatic carbocycles. The number of carbonyl (C=O) groups excluding carboxylic acids is 1. The van der Waals surface area contributed by atoms with Crippen LogP contribution in [-0.2, 0) is 19.6 Å². The van der Waals surface area contributed by atoms with Crippen LogP contribution >= 0.6 is 0 Å². The number of rotatable bonds is 9. The third-order valence-electron chi connectivity index (χ3n) is 5.20. The van der Waals surface area contributed by atoms with Crippen molar-refractivity contribution in [3.05, 3.63) is 111 Å². The number of aromatic nitrogens is 1. The van der Waals surface area contributed by atoms with Crippen LogP contribution in [-0.4, -0.2) is 17.8 Å². The number of aromatic amines is 1. The van der Waals surface area contributed by atoms with Gasteiger partial charge in [-0.1, -0.05) is 60.7 Å². The number of aldehydes is 1. The molecule has 0 saturated carbocycles. The smallest absolute Gasteiger partial charge is 0.248 e. The Hall–Kier alpha value is -3.70. The molecule has 0 unspecified atom stereocenters. The molecular formula is C26H24N2O3. The van der Waals surface area contributed by atoms with Crippen LogP contribution in [0, 0.1) is 0 Å². The zero-order valence-corrected chi connectivity index (χ0v) is 17.1. The van der Waals surface area contributed by atoms with Gasteiger partial charge in [0.15, 0.2) is 0 Å². The van der Waals surface area contributed by atoms with Crippen LogP contribution in [0.1, 0.15) is 27.0 Å². The lowest BCUT2D eigenvalue weighted by atomic mass is 10.0. The second-order valence-electron chi connectivity index (χ2n) is 7.39. The maximum atomic E-state index is 11.9. The summed E-state index contributed by atoms with van der Waals surface area (Å²) in [4.78, 5) is 25.6. The molecule has 156 valence electrons. The number of benzene rings is 3. The average molecular weight is 412 g/mol. The molecule has 4 aromatic rings. The fourth-order valence-electron chi connectivity index (χ4n) is 3.53. The van der Waals surface area contributed by atoms with Crippen LogP contribution in [0.25, 0.3) is 10.9 Å². The molecule has 0 bridgehead atoms. The molecule has 5 heteroatoms. The van der Waals surface area contributed by atoms with E-state index in [1.165, 1.54) is 0 Å². The van der Waals surface area contributed by atoms with Crippen LogP contribution < -0.4 is 15.6 Å². The van der Waals surface area contributed by atoms with Gasteiger partial charge in [0.25, 0.3) is 0 Å². The molecule has 0 saturated heterocycles. The normalized spacial score (nSPS) is 10.8. The maximum absolute atomic E-state index is 11.9. The summed E-state index contributed by atoms with van der Waals surface area (Å²) < 4.78 is 6.01. The topological polar surface area (TPSA) is 71.2 Å². The van der Waals surface area contributed by atoms with Crippen molar-refractivity contribution < 1.29 is 9.53 Å². The van der Waals surface area contributed by atoms with Crippen LogP contribution in [0.4, 0.5) is 0 Å². The Balaban J connectivity index is 1.44. The Labute approximate surface area is 180 Å². The molecule has 5 nitrogen and oxygen atoms in total. The minimum absolute atomic E-state index is 0.147. The highest BCUT2D eigenvalue weighted by Crippen LogP contribution is 2.27. The number of nitrogens with one attached hydrogen (secondary N) is 2. The van der Waals surface area contributed by atoms with E-state index in [1.807, 2.05) is 66.7 Å². The number of ether oxygens (including phenoxy) is 1. The molecule has 31 heavy (non-hydrogen) atoms. The highest BCUT2D eigenvalue weighted by molar-refractivity contribution is 5.87. The second-order valence-corrected chi connectivity index (χ2v) is 7.39. The fraction of sp³-hybridized carbons (Fsp3) is 0.154. The van der Waals surface area contributed by atoms with Crippen LogP contribution in [0.2, 0.25) is 0 Å². The Morgan fingerprint density at radius 1 is 0.871 bits per heavy atom. The summed E-state index contributed by atoms with van der Waals surface area (Å²) in [5, 5.41) is 4.42. The Morgan fingerprint density at radius 3 is 2.45 bits per heavy atom. The lowest BCUT2D eigenvalue weighted by molar-refractivity contribution is 0.112. The highest BCUT2D eigenvalue weighted by atomic mass is 16.5. The van der Waals surface area contributed by atoms with Gasteiger partial charge >= 0.3 is 0 Å². The van der Waals surface area contributed by atoms with E-state index in [9.17, 15) is 9.59 Å². The van der Waals surface area contributed by atoms with Gasteiger partial charge in [0.2, 0.25) is 5.56 Å². The summed E-state index contributed by atoms with van der Waals surface area (Å²) in [5.41, 5.74) is 4.60. The van der Waals surface area contributed by atoms with E-state index in [0.717, 1.165) is 53.4 Å². The maximum Gasteiger partial charge on any atom is 0.248 e. The largest absolute Gasteiger partial charge is 0.487 e. The molecule has 0 amide bonds. The average Bonchev–Trinajstić information content (AvgIpc) is 2.82. The molecule has 0 atom stereocenters. The molecule has 2 N–H and O–H groups in total. The van der Waals surface area contributed by atoms with E-state index >= 15 is 0 Å². The van der Waals surface area contributed by atoms with Crippen molar-refractivity contribution in [2.75, 3.05) is 6.54 Å². The van der Waals surface area contributed by atoms with Crippen LogP contribution in [0.15, 0.2) is 83.7 Å². The van der Waals surface area contributed by atoms with Crippen molar-refractivity contribution in [2.24, 2.45) is 0 Å². The number of hydrogen-bond acceptors (Lipinski definition) is 4. The number of pyridine rings is 1. The summed E-state index contributed by atoms with van der Waals surface area (Å²) in [6.07, 6.45) is 1.66. The van der Waals surface area contributed by atoms with Crippen molar-refractivity contribution in [1.82, 2.24) is 10.3 Å². The first-order chi connectivity index (χ1) is 15.2. The predicted molar refractivity (Wildman–Crippen MR) is 123 cm³/mol. The van der Waals surface area contributed by atoms with E-state index in [-0.39, 0.29) is 5.56 Å². The van der Waals surface area contributed by atoms with E-state index < -0.39 is 0 Å². The summed E-state index contributed by atoms with van der Waals surface area (Å²) in [7, 11) is 0. The van der Waals surface area contributed by atoms with E-state index in [2.05, 4.69) is 16.4 Å². The minimum Gasteiger partial charge on any atom is -0.487 e. The van der Waals surface area contributed by atoms with Crippen molar-refractivity contribution in [1.29, 1.82) is 0 Å². The molecule has 1 heterocycles. The van der Waals surface area contributed by atoms with Gasteiger partial charge < -0.3 is 15.0 Å². The molecule has 1 aromatic heterocycles. The van der Waals surface area contributed by atoms with Gasteiger partial charge in [-0.05, 0) is 41.8 Å². The van der Waals surface area contributed by atoms with Crippen molar-refractivity contribution in [2.45, 2.75) is 19.6 Å². The van der Waals surface area contributed by atoms with Crippen LogP contribution in [0.3, 0.4) is 0 Å². The molecule has 0 radical (unpaired) electrons. The molecule has 4 rings (SSSR count). The Kier molecular flexibility index (Phi) is 6.55. The third-order valence-corrected chi connectivity index (χ3v) is 5.20. The number of hydrogen-bond donors (Lipinski definition) is 2. The SMILES string of the molecule is O=Cc1ccc(CNCCc2ccc(OCc3ccccc3)c3[nH]c(=O)ccc23)cc1. The summed E-state index contributed by atoms with van der Waals surface area (Å²) in [5.74, 6) is 0.670. The first-order valence-electron chi connectivity index (χ1n) is 10.3. The molecule has 0 fully saturated rings. The lowest BCUT2D eigenvalue weighted by Gasteiger charge is -2.13. The van der Waals surface area contributed by atoms with Gasteiger partial charge in [-0.3, -0.25) is 9.59 Å². The summed E-state index contributed by atoms with van der Waals surface area (Å²) in [6.45, 7) is 1.96. The predicted octanol–water partition coefficient (Wildman–Crippen LogP) is 4.25. The fourth-order valence-corrected chi connectivity index (χ4v) is 3.53. The quantitative estimate of drug-likeness (QED) is 0.318. The first-order valence-corrected chi connectivity index (χ1v) is 10.3. The molecule has 3 aromatic carbocycles. The van der Waals surface area contributed by atoms with Crippen molar-refractivity contribution >= 4 is 17.2 Å². The van der Waals surface area contributed by atoms with E-state index in [0.29, 0.717) is 17.9 Å². The number of H-pyrrole nitrogens is 1. The second kappa shape index (κ2) is 9.87. The number of carbonyl (C=O) groups is 1. The van der Waals surface area contributed by atoms with Gasteiger partial charge in [0.05, 0.1) is 5.52 Å². The molecular weight excluding hydrogens is 388 g/mol. The zero-order chi connectivity index (χ0) is 21.5. The zero-order valence-electron chi connectivity index (χ0n) is 17.1. The van der Waals surface area contributed by atoms with Crippen LogP contribution in [0.5, 0.6) is 5.75 Å². The van der Waals surface area contributed by atoms with Gasteiger partial charge in [0, 0.05) is 23.6 Å². The monoisotopic (exact) mass is 412 g/mol. The standard InChI is InChI=1S/C26H24N2O3/c29-17-20-8-6-19(7-9-20)16-27-15-14-22-10-12-24(26-23(22)11-13-25(30)28-26)31-18-21-4-2-1-3-5-21/h1-13,17,27H,14-16,18H2,(H,28,30). The highest BCUT2D eigenvalue weighted by Gasteiger charge is 2.09. The number of fused-ring (bicyclic) bond motifs is 1. The minimum atomic E-state index is -0.147. The Bertz CT molecular complexity index is 1220. The first kappa shape index (κ1) is 20.6. The van der Waals surface area contributed by atoms with E-state index in [4.69, 9.17) is 4.74 Å². The third kappa shape index (κ3) is 5.27. The van der Waals surface area contributed by atoms with Gasteiger partial charge in [0.1, 0.15) is 18.6 Å². The summed E-state index contributed by atoms with van der Waals surface area (Å²) in [6, 6.07) is 24.9. The van der Waals surface area contributed by atoms with E-state index in [1.54, 1.807) is 6.07 Å².